The normalized spacial score (nSPS) is 10.8. The lowest BCUT2D eigenvalue weighted by Gasteiger charge is -1.96. The van der Waals surface area contributed by atoms with Crippen LogP contribution in [0.2, 0.25) is 0 Å². The molecule has 0 bridgehead atoms. The van der Waals surface area contributed by atoms with Gasteiger partial charge in [-0.1, -0.05) is 17.3 Å². The maximum atomic E-state index is 9.22. The average molecular weight is 256 g/mol. The Morgan fingerprint density at radius 2 is 1.95 bits per heavy atom. The fourth-order valence-electron chi connectivity index (χ4n) is 1.81. The molecule has 96 valence electrons. The zero-order valence-corrected chi connectivity index (χ0v) is 10.3. The Morgan fingerprint density at radius 3 is 2.63 bits per heavy atom. The van der Waals surface area contributed by atoms with Crippen LogP contribution in [0.5, 0.6) is 5.75 Å². The second-order valence-electron chi connectivity index (χ2n) is 4.29. The highest BCUT2D eigenvalue weighted by Gasteiger charge is 2.13. The minimum absolute atomic E-state index is 0.237. The lowest BCUT2D eigenvalue weighted by molar-refractivity contribution is 0.384. The van der Waals surface area contributed by atoms with Gasteiger partial charge in [0.2, 0.25) is 11.7 Å². The second-order valence-corrected chi connectivity index (χ2v) is 4.29. The number of phenols is 1. The molecule has 5 heteroatoms. The van der Waals surface area contributed by atoms with E-state index in [1.165, 1.54) is 0 Å². The first-order chi connectivity index (χ1) is 9.22. The maximum Gasteiger partial charge on any atom is 0.238 e. The maximum absolute atomic E-state index is 9.22. The van der Waals surface area contributed by atoms with E-state index in [0.717, 1.165) is 11.1 Å². The lowest BCUT2D eigenvalue weighted by atomic mass is 10.1. The third kappa shape index (κ3) is 2.35. The number of phenolic OH excluding ortho intramolecular Hbond substituents is 1. The topological polar surface area (TPSA) is 72.3 Å². The molecule has 5 nitrogen and oxygen atoms in total. The number of hydrogen-bond acceptors (Lipinski definition) is 5. The van der Waals surface area contributed by atoms with E-state index in [1.54, 1.807) is 18.4 Å². The molecule has 0 aliphatic carbocycles. The van der Waals surface area contributed by atoms with E-state index in [1.807, 2.05) is 25.1 Å². The molecular formula is C14H12N2O3. The fourth-order valence-corrected chi connectivity index (χ4v) is 1.81. The molecule has 0 saturated carbocycles. The van der Waals surface area contributed by atoms with Crippen molar-refractivity contribution >= 4 is 0 Å². The monoisotopic (exact) mass is 256 g/mol. The van der Waals surface area contributed by atoms with E-state index in [2.05, 4.69) is 10.1 Å². The SMILES string of the molecule is Cc1ccoc1-c1noc(Cc2ccc(O)cc2)n1. The van der Waals surface area contributed by atoms with E-state index in [4.69, 9.17) is 8.94 Å². The van der Waals surface area contributed by atoms with Gasteiger partial charge in [-0.2, -0.15) is 4.98 Å². The van der Waals surface area contributed by atoms with Crippen molar-refractivity contribution in [3.05, 3.63) is 53.6 Å². The minimum Gasteiger partial charge on any atom is -0.508 e. The van der Waals surface area contributed by atoms with Crippen LogP contribution < -0.4 is 0 Å². The van der Waals surface area contributed by atoms with Gasteiger partial charge in [-0.25, -0.2) is 0 Å². The standard InChI is InChI=1S/C14H12N2O3/c1-9-6-7-18-13(9)14-15-12(19-16-14)8-10-2-4-11(17)5-3-10/h2-7,17H,8H2,1H3. The highest BCUT2D eigenvalue weighted by atomic mass is 16.5. The second kappa shape index (κ2) is 4.61. The number of rotatable bonds is 3. The van der Waals surface area contributed by atoms with Gasteiger partial charge in [-0.05, 0) is 36.2 Å². The van der Waals surface area contributed by atoms with Gasteiger partial charge in [0.1, 0.15) is 5.75 Å². The fraction of sp³-hybridized carbons (Fsp3) is 0.143. The van der Waals surface area contributed by atoms with Crippen LogP contribution in [-0.2, 0) is 6.42 Å². The molecule has 19 heavy (non-hydrogen) atoms. The summed E-state index contributed by atoms with van der Waals surface area (Å²) >= 11 is 0. The molecule has 0 aliphatic heterocycles. The van der Waals surface area contributed by atoms with E-state index in [9.17, 15) is 5.11 Å². The van der Waals surface area contributed by atoms with Gasteiger partial charge in [0.05, 0.1) is 12.7 Å². The summed E-state index contributed by atoms with van der Waals surface area (Å²) in [7, 11) is 0. The van der Waals surface area contributed by atoms with Crippen LogP contribution >= 0.6 is 0 Å². The third-order valence-electron chi connectivity index (χ3n) is 2.82. The largest absolute Gasteiger partial charge is 0.508 e. The predicted molar refractivity (Wildman–Crippen MR) is 67.6 cm³/mol. The summed E-state index contributed by atoms with van der Waals surface area (Å²) < 4.78 is 10.5. The van der Waals surface area contributed by atoms with Gasteiger partial charge >= 0.3 is 0 Å². The quantitative estimate of drug-likeness (QED) is 0.780. The van der Waals surface area contributed by atoms with Gasteiger partial charge in [0.25, 0.3) is 0 Å². The molecule has 3 aromatic rings. The molecule has 0 saturated heterocycles. The Bertz CT molecular complexity index is 683. The summed E-state index contributed by atoms with van der Waals surface area (Å²) in [6, 6.07) is 8.74. The first-order valence-electron chi connectivity index (χ1n) is 5.87. The average Bonchev–Trinajstić information content (AvgIpc) is 3.01. The smallest absolute Gasteiger partial charge is 0.238 e. The lowest BCUT2D eigenvalue weighted by Crippen LogP contribution is -1.88. The van der Waals surface area contributed by atoms with Gasteiger partial charge in [-0.3, -0.25) is 0 Å². The number of furan rings is 1. The van der Waals surface area contributed by atoms with Crippen molar-refractivity contribution in [2.45, 2.75) is 13.3 Å². The summed E-state index contributed by atoms with van der Waals surface area (Å²) in [6.45, 7) is 1.93. The molecule has 0 aliphatic rings. The summed E-state index contributed by atoms with van der Waals surface area (Å²) in [5, 5.41) is 13.1. The van der Waals surface area contributed by atoms with Crippen molar-refractivity contribution in [2.75, 3.05) is 0 Å². The molecule has 0 amide bonds. The van der Waals surface area contributed by atoms with Crippen LogP contribution in [-0.4, -0.2) is 15.2 Å². The number of nitrogens with zero attached hydrogens (tertiary/aromatic N) is 2. The summed E-state index contributed by atoms with van der Waals surface area (Å²) in [6.07, 6.45) is 2.12. The number of aromatic nitrogens is 2. The first-order valence-corrected chi connectivity index (χ1v) is 5.87. The zero-order valence-electron chi connectivity index (χ0n) is 10.3. The highest BCUT2D eigenvalue weighted by Crippen LogP contribution is 2.22. The molecule has 0 spiro atoms. The summed E-state index contributed by atoms with van der Waals surface area (Å²) in [4.78, 5) is 4.30. The number of aromatic hydroxyl groups is 1. The molecular weight excluding hydrogens is 244 g/mol. The van der Waals surface area contributed by atoms with E-state index in [-0.39, 0.29) is 5.75 Å². The molecule has 0 fully saturated rings. The molecule has 0 radical (unpaired) electrons. The van der Waals surface area contributed by atoms with Crippen molar-refractivity contribution in [3.63, 3.8) is 0 Å². The minimum atomic E-state index is 0.237. The van der Waals surface area contributed by atoms with Crippen molar-refractivity contribution in [1.29, 1.82) is 0 Å². The van der Waals surface area contributed by atoms with Crippen molar-refractivity contribution < 1.29 is 14.0 Å². The predicted octanol–water partition coefficient (Wildman–Crippen LogP) is 2.93. The number of hydrogen-bond donors (Lipinski definition) is 1. The zero-order chi connectivity index (χ0) is 13.2. The van der Waals surface area contributed by atoms with Crippen LogP contribution in [0.1, 0.15) is 17.0 Å². The Hall–Kier alpha value is -2.56. The third-order valence-corrected chi connectivity index (χ3v) is 2.82. The molecule has 0 atom stereocenters. The molecule has 1 aromatic carbocycles. The van der Waals surface area contributed by atoms with Crippen LogP contribution in [0.25, 0.3) is 11.6 Å². The highest BCUT2D eigenvalue weighted by molar-refractivity contribution is 5.51. The molecule has 0 unspecified atom stereocenters. The first kappa shape index (κ1) is 11.5. The van der Waals surface area contributed by atoms with E-state index in [0.29, 0.717) is 23.9 Å². The Kier molecular flexibility index (Phi) is 2.79. The summed E-state index contributed by atoms with van der Waals surface area (Å²) in [5.74, 6) is 1.83. The van der Waals surface area contributed by atoms with E-state index >= 15 is 0 Å². The number of aryl methyl sites for hydroxylation is 1. The number of benzene rings is 1. The van der Waals surface area contributed by atoms with Gasteiger partial charge in [0.15, 0.2) is 5.76 Å². The Labute approximate surface area is 109 Å². The molecule has 2 heterocycles. The van der Waals surface area contributed by atoms with Crippen LogP contribution in [0.3, 0.4) is 0 Å². The molecule has 2 aromatic heterocycles. The van der Waals surface area contributed by atoms with Crippen LogP contribution in [0.15, 0.2) is 45.5 Å². The Balaban J connectivity index is 1.82. The van der Waals surface area contributed by atoms with Crippen molar-refractivity contribution in [1.82, 2.24) is 10.1 Å². The van der Waals surface area contributed by atoms with Crippen molar-refractivity contribution in [2.24, 2.45) is 0 Å². The van der Waals surface area contributed by atoms with E-state index < -0.39 is 0 Å². The van der Waals surface area contributed by atoms with Crippen LogP contribution in [0.4, 0.5) is 0 Å². The van der Waals surface area contributed by atoms with Gasteiger partial charge in [-0.15, -0.1) is 0 Å². The van der Waals surface area contributed by atoms with Crippen LogP contribution in [0, 0.1) is 6.92 Å². The van der Waals surface area contributed by atoms with Gasteiger partial charge in [0, 0.05) is 0 Å². The summed E-state index contributed by atoms with van der Waals surface area (Å²) in [5.41, 5.74) is 1.96. The van der Waals surface area contributed by atoms with Gasteiger partial charge < -0.3 is 14.0 Å². The van der Waals surface area contributed by atoms with Crippen molar-refractivity contribution in [3.8, 4) is 17.3 Å². The molecule has 3 rings (SSSR count). The Morgan fingerprint density at radius 1 is 1.16 bits per heavy atom. The molecule has 1 N–H and O–H groups in total.